The summed E-state index contributed by atoms with van der Waals surface area (Å²) in [5, 5.41) is 29.3. The Hall–Kier alpha value is -4.64. The normalized spacial score (nSPS) is 13.7. The molecule has 0 saturated heterocycles. The standard InChI is InChI=1S/C44H49N3O12S4/c1-56-23-25-58-21-19-45(62(52,53)31-33-13-15-39-36(29-33)17-27-60-39)41(35-9-5-3-6-10-35)42(48)47(51)44(43(49)50,38-11-7-4-8-12-38)46(20-22-59-26-24-57-2)63(54,55)32-34-14-16-40-37(30-34)18-28-61-40/h3-18,27-30,41,51H,19-26,31-32H2,1-2H3,(H,49,50)/t41-,44+/m1/s1. The first-order chi connectivity index (χ1) is 30.3. The topological polar surface area (TPSA) is 190 Å². The van der Waals surface area contributed by atoms with Crippen LogP contribution in [0.3, 0.4) is 0 Å². The number of sulfonamides is 2. The van der Waals surface area contributed by atoms with Gasteiger partial charge in [0.05, 0.1) is 51.1 Å². The number of amides is 1. The molecule has 0 aliphatic heterocycles. The largest absolute Gasteiger partial charge is 0.478 e. The van der Waals surface area contributed by atoms with Crippen LogP contribution in [0, 0.1) is 0 Å². The van der Waals surface area contributed by atoms with Crippen molar-refractivity contribution < 1.29 is 55.7 Å². The third kappa shape index (κ3) is 11.2. The summed E-state index contributed by atoms with van der Waals surface area (Å²) in [4.78, 5) is 29.7. The van der Waals surface area contributed by atoms with Crippen LogP contribution < -0.4 is 0 Å². The smallest absolute Gasteiger partial charge is 0.353 e. The Morgan fingerprint density at radius 3 is 1.68 bits per heavy atom. The van der Waals surface area contributed by atoms with Gasteiger partial charge in [0.1, 0.15) is 6.04 Å². The van der Waals surface area contributed by atoms with Gasteiger partial charge in [-0.05, 0) is 74.6 Å². The molecule has 0 fully saturated rings. The number of rotatable bonds is 25. The van der Waals surface area contributed by atoms with Crippen molar-refractivity contribution in [3.05, 3.63) is 142 Å². The van der Waals surface area contributed by atoms with Crippen LogP contribution in [0.4, 0.5) is 0 Å². The Bertz CT molecular complexity index is 2660. The molecule has 15 nitrogen and oxygen atoms in total. The van der Waals surface area contributed by atoms with Gasteiger partial charge in [0.2, 0.25) is 20.0 Å². The van der Waals surface area contributed by atoms with Gasteiger partial charge in [-0.3, -0.25) is 10.0 Å². The van der Waals surface area contributed by atoms with Crippen LogP contribution in [0.5, 0.6) is 0 Å². The molecule has 6 aromatic rings. The summed E-state index contributed by atoms with van der Waals surface area (Å²) in [7, 11) is -6.46. The number of carboxylic acids is 1. The number of carboxylic acid groups (broad SMARTS) is 1. The zero-order chi connectivity index (χ0) is 45.0. The number of fused-ring (bicyclic) bond motifs is 2. The molecule has 0 aliphatic rings. The lowest BCUT2D eigenvalue weighted by atomic mass is 9.96. The molecule has 0 spiro atoms. The Labute approximate surface area is 374 Å². The Morgan fingerprint density at radius 1 is 0.651 bits per heavy atom. The molecule has 0 aliphatic carbocycles. The first-order valence-corrected chi connectivity index (χ1v) is 24.7. The van der Waals surface area contributed by atoms with Crippen molar-refractivity contribution in [1.29, 1.82) is 0 Å². The molecule has 4 aromatic carbocycles. The summed E-state index contributed by atoms with van der Waals surface area (Å²) < 4.78 is 84.4. The molecule has 2 heterocycles. The Balaban J connectivity index is 1.51. The number of carbonyl (C=O) groups is 2. The Morgan fingerprint density at radius 2 is 1.16 bits per heavy atom. The van der Waals surface area contributed by atoms with E-state index >= 15 is 4.79 Å². The minimum absolute atomic E-state index is 0.0150. The number of hydrogen-bond acceptors (Lipinski definition) is 13. The van der Waals surface area contributed by atoms with E-state index in [-0.39, 0.29) is 55.8 Å². The average Bonchev–Trinajstić information content (AvgIpc) is 3.95. The maximum absolute atomic E-state index is 15.5. The van der Waals surface area contributed by atoms with E-state index in [1.165, 1.54) is 73.3 Å². The maximum Gasteiger partial charge on any atom is 0.353 e. The van der Waals surface area contributed by atoms with Gasteiger partial charge in [-0.25, -0.2) is 21.6 Å². The molecule has 0 bridgehead atoms. The van der Waals surface area contributed by atoms with Crippen molar-refractivity contribution in [1.82, 2.24) is 13.7 Å². The van der Waals surface area contributed by atoms with Crippen LogP contribution in [0.2, 0.25) is 0 Å². The zero-order valence-corrected chi connectivity index (χ0v) is 37.9. The van der Waals surface area contributed by atoms with Crippen LogP contribution in [0.25, 0.3) is 20.2 Å². The van der Waals surface area contributed by atoms with E-state index in [0.29, 0.717) is 15.4 Å². The summed E-state index contributed by atoms with van der Waals surface area (Å²) in [5.74, 6) is -4.74. The number of ether oxygens (including phenoxy) is 4. The van der Waals surface area contributed by atoms with Gasteiger partial charge >= 0.3 is 5.97 Å². The molecular weight excluding hydrogens is 891 g/mol. The van der Waals surface area contributed by atoms with E-state index in [2.05, 4.69) is 0 Å². The highest BCUT2D eigenvalue weighted by Gasteiger charge is 2.59. The molecule has 0 unspecified atom stereocenters. The van der Waals surface area contributed by atoms with Gasteiger partial charge in [0.15, 0.2) is 0 Å². The number of aliphatic carboxylic acids is 1. The monoisotopic (exact) mass is 939 g/mol. The minimum atomic E-state index is -4.84. The lowest BCUT2D eigenvalue weighted by molar-refractivity contribution is -0.231. The van der Waals surface area contributed by atoms with Gasteiger partial charge in [-0.15, -0.1) is 22.7 Å². The number of nitrogens with zero attached hydrogens (tertiary/aromatic N) is 3. The number of benzene rings is 4. The second-order valence-corrected chi connectivity index (χ2v) is 20.0. The third-order valence-corrected chi connectivity index (χ3v) is 15.6. The summed E-state index contributed by atoms with van der Waals surface area (Å²) >= 11 is 2.95. The predicted octanol–water partition coefficient (Wildman–Crippen LogP) is 6.30. The molecular formula is C44H49N3O12S4. The maximum atomic E-state index is 15.5. The predicted molar refractivity (Wildman–Crippen MR) is 241 cm³/mol. The summed E-state index contributed by atoms with van der Waals surface area (Å²) in [6.45, 7) is -1.29. The number of carbonyl (C=O) groups excluding carboxylic acids is 1. The molecule has 336 valence electrons. The average molecular weight is 940 g/mol. The fourth-order valence-corrected chi connectivity index (χ4v) is 12.2. The van der Waals surface area contributed by atoms with Gasteiger partial charge in [0, 0.05) is 42.3 Å². The molecule has 2 aromatic heterocycles. The number of thiophene rings is 2. The second kappa shape index (κ2) is 21.8. The van der Waals surface area contributed by atoms with Crippen LogP contribution in [-0.4, -0.2) is 120 Å². The molecule has 1 amide bonds. The fourth-order valence-electron chi connectivity index (χ4n) is 7.22. The van der Waals surface area contributed by atoms with Gasteiger partial charge in [0.25, 0.3) is 11.6 Å². The molecule has 2 N–H and O–H groups in total. The van der Waals surface area contributed by atoms with E-state index in [1.807, 2.05) is 22.9 Å². The highest BCUT2D eigenvalue weighted by molar-refractivity contribution is 7.88. The first-order valence-electron chi connectivity index (χ1n) is 19.8. The summed E-state index contributed by atoms with van der Waals surface area (Å²) in [6, 6.07) is 26.6. The van der Waals surface area contributed by atoms with Crippen molar-refractivity contribution >= 4 is 74.8 Å². The van der Waals surface area contributed by atoms with Crippen LogP contribution in [0.1, 0.15) is 28.3 Å². The zero-order valence-electron chi connectivity index (χ0n) is 34.6. The number of hydrogen-bond donors (Lipinski definition) is 2. The van der Waals surface area contributed by atoms with E-state index in [0.717, 1.165) is 24.5 Å². The van der Waals surface area contributed by atoms with E-state index in [4.69, 9.17) is 18.9 Å². The van der Waals surface area contributed by atoms with Gasteiger partial charge in [-0.2, -0.15) is 13.7 Å². The van der Waals surface area contributed by atoms with Gasteiger partial charge in [-0.1, -0.05) is 72.8 Å². The van der Waals surface area contributed by atoms with E-state index in [9.17, 15) is 31.9 Å². The van der Waals surface area contributed by atoms with Crippen LogP contribution >= 0.6 is 22.7 Å². The summed E-state index contributed by atoms with van der Waals surface area (Å²) in [5.41, 5.74) is -2.78. The SMILES string of the molecule is COCCOCCN([C@@H](C(=O)N(O)[C@](C(=O)O)(c1ccccc1)N(CCOCCOC)S(=O)(=O)Cc1ccc2sccc2c1)c1ccccc1)S(=O)(=O)Cc1ccc2sccc2c1. The second-order valence-electron chi connectivity index (χ2n) is 14.3. The highest BCUT2D eigenvalue weighted by Crippen LogP contribution is 2.39. The van der Waals surface area contributed by atoms with Crippen LogP contribution in [-0.2, 0) is 65.8 Å². The van der Waals surface area contributed by atoms with Crippen molar-refractivity contribution in [2.45, 2.75) is 23.2 Å². The summed E-state index contributed by atoms with van der Waals surface area (Å²) in [6.07, 6.45) is 0. The van der Waals surface area contributed by atoms with Gasteiger partial charge < -0.3 is 24.1 Å². The van der Waals surface area contributed by atoms with Crippen molar-refractivity contribution in [2.75, 3.05) is 67.0 Å². The molecule has 63 heavy (non-hydrogen) atoms. The lowest BCUT2D eigenvalue weighted by Gasteiger charge is -2.45. The molecule has 2 atom stereocenters. The highest BCUT2D eigenvalue weighted by atomic mass is 32.2. The number of hydroxylamine groups is 2. The van der Waals surface area contributed by atoms with E-state index < -0.39 is 68.2 Å². The Kier molecular flexibility index (Phi) is 16.6. The minimum Gasteiger partial charge on any atom is -0.478 e. The van der Waals surface area contributed by atoms with E-state index in [1.54, 1.807) is 60.7 Å². The molecule has 0 saturated carbocycles. The lowest BCUT2D eigenvalue weighted by Crippen LogP contribution is -2.66. The third-order valence-electron chi connectivity index (χ3n) is 10.2. The molecule has 0 radical (unpaired) electrons. The molecule has 19 heteroatoms. The van der Waals surface area contributed by atoms with Crippen molar-refractivity contribution in [3.8, 4) is 0 Å². The quantitative estimate of drug-likeness (QED) is 0.0283. The first kappa shape index (κ1) is 47.8. The van der Waals surface area contributed by atoms with Crippen LogP contribution in [0.15, 0.2) is 120 Å². The number of methoxy groups -OCH3 is 2. The van der Waals surface area contributed by atoms with Crippen molar-refractivity contribution in [2.24, 2.45) is 0 Å². The molecule has 6 rings (SSSR count). The van der Waals surface area contributed by atoms with Crippen molar-refractivity contribution in [3.63, 3.8) is 0 Å². The fraction of sp³-hybridized carbons (Fsp3) is 0.318.